The standard InChI is InChI=1S/C14H26O2/c1-10(2)11-4-5-12(15)14(11)8-6-13(3,16)7-9-14/h10-12,15-16H,4-9H2,1-3H3/t11-,12-,13?,14?/m0/s1. The number of hydrogen-bond acceptors (Lipinski definition) is 2. The number of aliphatic hydroxyl groups excluding tert-OH is 1. The van der Waals surface area contributed by atoms with E-state index in [4.69, 9.17) is 0 Å². The Morgan fingerprint density at radius 2 is 1.62 bits per heavy atom. The monoisotopic (exact) mass is 226 g/mol. The zero-order valence-electron chi connectivity index (χ0n) is 10.9. The van der Waals surface area contributed by atoms with Gasteiger partial charge in [-0.3, -0.25) is 0 Å². The zero-order valence-corrected chi connectivity index (χ0v) is 10.9. The van der Waals surface area contributed by atoms with Crippen LogP contribution in [-0.4, -0.2) is 21.9 Å². The van der Waals surface area contributed by atoms with Crippen LogP contribution in [0.2, 0.25) is 0 Å². The molecule has 2 atom stereocenters. The molecule has 0 heterocycles. The summed E-state index contributed by atoms with van der Waals surface area (Å²) in [7, 11) is 0. The molecule has 2 heteroatoms. The van der Waals surface area contributed by atoms with Crippen molar-refractivity contribution in [1.82, 2.24) is 0 Å². The molecule has 2 fully saturated rings. The van der Waals surface area contributed by atoms with Crippen LogP contribution < -0.4 is 0 Å². The van der Waals surface area contributed by atoms with Gasteiger partial charge in [-0.25, -0.2) is 0 Å². The Labute approximate surface area is 99.1 Å². The predicted molar refractivity (Wildman–Crippen MR) is 65.1 cm³/mol. The van der Waals surface area contributed by atoms with Crippen molar-refractivity contribution in [3.05, 3.63) is 0 Å². The molecule has 2 saturated carbocycles. The molecule has 16 heavy (non-hydrogen) atoms. The van der Waals surface area contributed by atoms with Gasteiger partial charge in [-0.15, -0.1) is 0 Å². The minimum absolute atomic E-state index is 0.121. The fraction of sp³-hybridized carbons (Fsp3) is 1.00. The molecule has 0 aromatic heterocycles. The molecule has 0 bridgehead atoms. The molecule has 0 unspecified atom stereocenters. The van der Waals surface area contributed by atoms with Crippen molar-refractivity contribution in [2.75, 3.05) is 0 Å². The Morgan fingerprint density at radius 3 is 2.12 bits per heavy atom. The molecule has 94 valence electrons. The van der Waals surface area contributed by atoms with Gasteiger partial charge in [-0.2, -0.15) is 0 Å². The van der Waals surface area contributed by atoms with Crippen LogP contribution in [0.4, 0.5) is 0 Å². The maximum Gasteiger partial charge on any atom is 0.0620 e. The molecule has 0 aromatic rings. The minimum atomic E-state index is -0.491. The summed E-state index contributed by atoms with van der Waals surface area (Å²) in [5.74, 6) is 1.30. The second kappa shape index (κ2) is 3.99. The summed E-state index contributed by atoms with van der Waals surface area (Å²) in [5, 5.41) is 20.4. The second-order valence-corrected chi connectivity index (χ2v) is 6.67. The van der Waals surface area contributed by atoms with E-state index in [0.29, 0.717) is 11.8 Å². The highest BCUT2D eigenvalue weighted by Crippen LogP contribution is 2.56. The van der Waals surface area contributed by atoms with Gasteiger partial charge < -0.3 is 10.2 Å². The first kappa shape index (κ1) is 12.4. The Balaban J connectivity index is 2.16. The van der Waals surface area contributed by atoms with Crippen molar-refractivity contribution in [2.45, 2.75) is 71.0 Å². The molecule has 0 amide bonds. The number of rotatable bonds is 1. The SMILES string of the molecule is CC(C)[C@@H]1CC[C@H](O)C12CCC(C)(O)CC2. The zero-order chi connectivity index (χ0) is 12.0. The van der Waals surface area contributed by atoms with E-state index in [0.717, 1.165) is 32.1 Å². The van der Waals surface area contributed by atoms with Gasteiger partial charge in [0.2, 0.25) is 0 Å². The van der Waals surface area contributed by atoms with Crippen molar-refractivity contribution in [3.63, 3.8) is 0 Å². The molecule has 2 rings (SSSR count). The molecule has 0 aromatic carbocycles. The van der Waals surface area contributed by atoms with E-state index in [1.807, 2.05) is 6.92 Å². The summed E-state index contributed by atoms with van der Waals surface area (Å²) in [5.41, 5.74) is -0.370. The van der Waals surface area contributed by atoms with E-state index in [1.165, 1.54) is 6.42 Å². The van der Waals surface area contributed by atoms with E-state index in [2.05, 4.69) is 13.8 Å². The lowest BCUT2D eigenvalue weighted by molar-refractivity contribution is -0.0803. The van der Waals surface area contributed by atoms with Crippen LogP contribution in [0, 0.1) is 17.3 Å². The third-order valence-corrected chi connectivity index (χ3v) is 5.22. The molecule has 2 nitrogen and oxygen atoms in total. The van der Waals surface area contributed by atoms with E-state index in [9.17, 15) is 10.2 Å². The second-order valence-electron chi connectivity index (χ2n) is 6.67. The number of aliphatic hydroxyl groups is 2. The topological polar surface area (TPSA) is 40.5 Å². The minimum Gasteiger partial charge on any atom is -0.393 e. The fourth-order valence-corrected chi connectivity index (χ4v) is 4.11. The van der Waals surface area contributed by atoms with Crippen LogP contribution in [0.25, 0.3) is 0 Å². The average Bonchev–Trinajstić information content (AvgIpc) is 2.50. The van der Waals surface area contributed by atoms with Crippen LogP contribution in [-0.2, 0) is 0 Å². The van der Waals surface area contributed by atoms with Crippen molar-refractivity contribution in [2.24, 2.45) is 17.3 Å². The van der Waals surface area contributed by atoms with E-state index >= 15 is 0 Å². The van der Waals surface area contributed by atoms with Crippen molar-refractivity contribution in [3.8, 4) is 0 Å². The first-order valence-corrected chi connectivity index (χ1v) is 6.78. The average molecular weight is 226 g/mol. The summed E-state index contributed by atoms with van der Waals surface area (Å²) in [6.45, 7) is 6.49. The van der Waals surface area contributed by atoms with Gasteiger partial charge in [0, 0.05) is 0 Å². The largest absolute Gasteiger partial charge is 0.393 e. The van der Waals surface area contributed by atoms with Crippen LogP contribution >= 0.6 is 0 Å². The molecule has 2 aliphatic carbocycles. The summed E-state index contributed by atoms with van der Waals surface area (Å²) in [4.78, 5) is 0. The van der Waals surface area contributed by atoms with Gasteiger partial charge in [-0.05, 0) is 62.7 Å². The maximum atomic E-state index is 10.3. The summed E-state index contributed by atoms with van der Waals surface area (Å²) < 4.78 is 0. The lowest BCUT2D eigenvalue weighted by Gasteiger charge is -2.47. The molecule has 2 N–H and O–H groups in total. The molecule has 0 radical (unpaired) electrons. The van der Waals surface area contributed by atoms with Crippen molar-refractivity contribution >= 4 is 0 Å². The van der Waals surface area contributed by atoms with Crippen LogP contribution in [0.5, 0.6) is 0 Å². The first-order valence-electron chi connectivity index (χ1n) is 6.78. The van der Waals surface area contributed by atoms with E-state index in [-0.39, 0.29) is 11.5 Å². The molecule has 1 spiro atoms. The molecule has 0 aliphatic heterocycles. The lowest BCUT2D eigenvalue weighted by Crippen LogP contribution is -2.45. The Hall–Kier alpha value is -0.0800. The van der Waals surface area contributed by atoms with Gasteiger partial charge in [0.25, 0.3) is 0 Å². The highest BCUT2D eigenvalue weighted by molar-refractivity contribution is 5.03. The lowest BCUT2D eigenvalue weighted by atomic mass is 9.61. The highest BCUT2D eigenvalue weighted by Gasteiger charge is 2.53. The van der Waals surface area contributed by atoms with Gasteiger partial charge in [0.15, 0.2) is 0 Å². The van der Waals surface area contributed by atoms with E-state index in [1.54, 1.807) is 0 Å². The predicted octanol–water partition coefficient (Wildman–Crippen LogP) is 2.72. The number of hydrogen-bond donors (Lipinski definition) is 2. The Bertz CT molecular complexity index is 247. The summed E-state index contributed by atoms with van der Waals surface area (Å²) in [6, 6.07) is 0. The van der Waals surface area contributed by atoms with Gasteiger partial charge in [0.05, 0.1) is 11.7 Å². The highest BCUT2D eigenvalue weighted by atomic mass is 16.3. The molecular weight excluding hydrogens is 200 g/mol. The van der Waals surface area contributed by atoms with E-state index < -0.39 is 5.60 Å². The third-order valence-electron chi connectivity index (χ3n) is 5.22. The fourth-order valence-electron chi connectivity index (χ4n) is 4.11. The van der Waals surface area contributed by atoms with Crippen LogP contribution in [0.1, 0.15) is 59.3 Å². The van der Waals surface area contributed by atoms with Crippen molar-refractivity contribution < 1.29 is 10.2 Å². The summed E-state index contributed by atoms with van der Waals surface area (Å²) in [6.07, 6.45) is 5.72. The molecular formula is C14H26O2. The molecule has 2 aliphatic rings. The van der Waals surface area contributed by atoms with Gasteiger partial charge in [-0.1, -0.05) is 13.8 Å². The Morgan fingerprint density at radius 1 is 1.06 bits per heavy atom. The van der Waals surface area contributed by atoms with Gasteiger partial charge in [0.1, 0.15) is 0 Å². The third kappa shape index (κ3) is 1.91. The first-order chi connectivity index (χ1) is 7.37. The van der Waals surface area contributed by atoms with Crippen LogP contribution in [0.15, 0.2) is 0 Å². The quantitative estimate of drug-likeness (QED) is 0.721. The molecule has 0 saturated heterocycles. The maximum absolute atomic E-state index is 10.3. The van der Waals surface area contributed by atoms with Crippen LogP contribution in [0.3, 0.4) is 0 Å². The normalized spacial score (nSPS) is 49.1. The Kier molecular flexibility index (Phi) is 3.09. The summed E-state index contributed by atoms with van der Waals surface area (Å²) >= 11 is 0. The van der Waals surface area contributed by atoms with Gasteiger partial charge >= 0.3 is 0 Å². The van der Waals surface area contributed by atoms with Crippen molar-refractivity contribution in [1.29, 1.82) is 0 Å². The smallest absolute Gasteiger partial charge is 0.0620 e.